The summed E-state index contributed by atoms with van der Waals surface area (Å²) in [5.41, 5.74) is 1.93. The molecule has 0 saturated carbocycles. The lowest BCUT2D eigenvalue weighted by atomic mass is 10.2. The maximum atomic E-state index is 15.4. The highest BCUT2D eigenvalue weighted by atomic mass is 19.1. The lowest BCUT2D eigenvalue weighted by molar-refractivity contribution is 0.407. The first-order chi connectivity index (χ1) is 14.1. The number of methoxy groups -OCH3 is 1. The van der Waals surface area contributed by atoms with Gasteiger partial charge in [-0.05, 0) is 38.4 Å². The third kappa shape index (κ3) is 3.83. The predicted molar refractivity (Wildman–Crippen MR) is 107 cm³/mol. The van der Waals surface area contributed by atoms with E-state index in [2.05, 4.69) is 36.2 Å². The molecule has 2 aromatic heterocycles. The van der Waals surface area contributed by atoms with Crippen LogP contribution in [-0.4, -0.2) is 45.7 Å². The van der Waals surface area contributed by atoms with Crippen LogP contribution in [0.15, 0.2) is 24.4 Å². The van der Waals surface area contributed by atoms with Crippen LogP contribution >= 0.6 is 0 Å². The number of hydrogen-bond acceptors (Lipinski definition) is 8. The zero-order chi connectivity index (χ0) is 20.4. The van der Waals surface area contributed by atoms with E-state index in [0.29, 0.717) is 17.5 Å². The highest BCUT2D eigenvalue weighted by Gasteiger charge is 2.23. The van der Waals surface area contributed by atoms with Gasteiger partial charge in [-0.15, -0.1) is 5.10 Å². The number of hydrogen-bond donors (Lipinski definition) is 3. The van der Waals surface area contributed by atoms with Gasteiger partial charge in [-0.2, -0.15) is 4.98 Å². The molecule has 1 atom stereocenters. The molecule has 1 fully saturated rings. The van der Waals surface area contributed by atoms with Crippen molar-refractivity contribution < 1.29 is 9.13 Å². The van der Waals surface area contributed by atoms with Crippen LogP contribution in [0.25, 0.3) is 5.69 Å². The Morgan fingerprint density at radius 3 is 2.90 bits per heavy atom. The van der Waals surface area contributed by atoms with Crippen LogP contribution in [0.1, 0.15) is 30.3 Å². The van der Waals surface area contributed by atoms with Gasteiger partial charge in [-0.25, -0.2) is 14.1 Å². The van der Waals surface area contributed by atoms with Crippen LogP contribution in [0, 0.1) is 12.7 Å². The van der Waals surface area contributed by atoms with Crippen molar-refractivity contribution in [1.29, 1.82) is 0 Å². The van der Waals surface area contributed by atoms with Gasteiger partial charge in [0, 0.05) is 18.8 Å². The third-order valence-electron chi connectivity index (χ3n) is 4.81. The standard InChI is InChI=1S/C19H23FN8O/c1-11-9-16(21-2)25-19(23-11)24-13-6-7-15(29-3)18(17(13)20)28-10-14(26-27-28)12-5-4-8-22-12/h6-7,9-10,12,22H,4-5,8H2,1-3H3,(H2,21,23,24,25). The Balaban J connectivity index is 1.70. The zero-order valence-corrected chi connectivity index (χ0v) is 16.5. The molecule has 1 aromatic carbocycles. The Morgan fingerprint density at radius 2 is 2.17 bits per heavy atom. The van der Waals surface area contributed by atoms with Crippen molar-refractivity contribution in [2.45, 2.75) is 25.8 Å². The first-order valence-electron chi connectivity index (χ1n) is 9.42. The summed E-state index contributed by atoms with van der Waals surface area (Å²) >= 11 is 0. The van der Waals surface area contributed by atoms with E-state index in [1.165, 1.54) is 11.8 Å². The molecule has 29 heavy (non-hydrogen) atoms. The lowest BCUT2D eigenvalue weighted by Crippen LogP contribution is -2.13. The first kappa shape index (κ1) is 19.1. The largest absolute Gasteiger partial charge is 0.494 e. The molecule has 1 unspecified atom stereocenters. The number of rotatable bonds is 6. The molecule has 1 aliphatic heterocycles. The molecular weight excluding hydrogens is 375 g/mol. The summed E-state index contributed by atoms with van der Waals surface area (Å²) < 4.78 is 22.2. The van der Waals surface area contributed by atoms with Crippen LogP contribution in [0.2, 0.25) is 0 Å². The summed E-state index contributed by atoms with van der Waals surface area (Å²) in [6.07, 6.45) is 3.80. The number of aromatic nitrogens is 5. The number of anilines is 3. The monoisotopic (exact) mass is 398 g/mol. The minimum absolute atomic E-state index is 0.139. The maximum Gasteiger partial charge on any atom is 0.229 e. The molecule has 10 heteroatoms. The van der Waals surface area contributed by atoms with Crippen molar-refractivity contribution in [3.8, 4) is 11.4 Å². The summed E-state index contributed by atoms with van der Waals surface area (Å²) in [6.45, 7) is 2.79. The van der Waals surface area contributed by atoms with Crippen molar-refractivity contribution in [2.75, 3.05) is 31.3 Å². The van der Waals surface area contributed by atoms with Crippen LogP contribution in [-0.2, 0) is 0 Å². The van der Waals surface area contributed by atoms with E-state index < -0.39 is 5.82 Å². The van der Waals surface area contributed by atoms with Gasteiger partial charge >= 0.3 is 0 Å². The fraction of sp³-hybridized carbons (Fsp3) is 0.368. The smallest absolute Gasteiger partial charge is 0.229 e. The van der Waals surface area contributed by atoms with E-state index >= 15 is 4.39 Å². The molecule has 3 aromatic rings. The second kappa shape index (κ2) is 8.00. The molecule has 3 heterocycles. The number of nitrogens with zero attached hydrogens (tertiary/aromatic N) is 5. The van der Waals surface area contributed by atoms with Gasteiger partial charge in [0.1, 0.15) is 22.9 Å². The van der Waals surface area contributed by atoms with Crippen molar-refractivity contribution in [3.05, 3.63) is 41.6 Å². The van der Waals surface area contributed by atoms with Gasteiger partial charge in [-0.1, -0.05) is 5.21 Å². The van der Waals surface area contributed by atoms with Crippen molar-refractivity contribution in [1.82, 2.24) is 30.3 Å². The average Bonchev–Trinajstić information content (AvgIpc) is 3.40. The van der Waals surface area contributed by atoms with Crippen LogP contribution in [0.3, 0.4) is 0 Å². The Labute approximate surface area is 167 Å². The number of halogens is 1. The van der Waals surface area contributed by atoms with Crippen molar-refractivity contribution >= 4 is 17.5 Å². The van der Waals surface area contributed by atoms with Gasteiger partial charge in [0.15, 0.2) is 5.82 Å². The Bertz CT molecular complexity index is 1020. The molecule has 152 valence electrons. The van der Waals surface area contributed by atoms with Gasteiger partial charge < -0.3 is 20.7 Å². The first-order valence-corrected chi connectivity index (χ1v) is 9.42. The molecular formula is C19H23FN8O. The summed E-state index contributed by atoms with van der Waals surface area (Å²) in [5.74, 6) is 0.749. The summed E-state index contributed by atoms with van der Waals surface area (Å²) in [6, 6.07) is 5.19. The summed E-state index contributed by atoms with van der Waals surface area (Å²) in [7, 11) is 3.25. The highest BCUT2D eigenvalue weighted by Crippen LogP contribution is 2.32. The van der Waals surface area contributed by atoms with Gasteiger partial charge in [0.05, 0.1) is 25.0 Å². The van der Waals surface area contributed by atoms with E-state index in [0.717, 1.165) is 30.8 Å². The van der Waals surface area contributed by atoms with Gasteiger partial charge in [0.25, 0.3) is 0 Å². The van der Waals surface area contributed by atoms with E-state index in [9.17, 15) is 0 Å². The number of ether oxygens (including phenoxy) is 1. The number of aryl methyl sites for hydroxylation is 1. The second-order valence-electron chi connectivity index (χ2n) is 6.81. The SMILES string of the molecule is CNc1cc(C)nc(Nc2ccc(OC)c(-n3cc(C4CCCN4)nn3)c2F)n1. The molecule has 1 saturated heterocycles. The molecule has 0 aliphatic carbocycles. The van der Waals surface area contributed by atoms with Gasteiger partial charge in [0.2, 0.25) is 5.95 Å². The topological polar surface area (TPSA) is 102 Å². The summed E-state index contributed by atoms with van der Waals surface area (Å²) in [4.78, 5) is 8.63. The Hall–Kier alpha value is -3.27. The van der Waals surface area contributed by atoms with E-state index in [-0.39, 0.29) is 17.4 Å². The molecule has 1 aliphatic rings. The van der Waals surface area contributed by atoms with Crippen molar-refractivity contribution in [3.63, 3.8) is 0 Å². The van der Waals surface area contributed by atoms with E-state index in [4.69, 9.17) is 4.74 Å². The zero-order valence-electron chi connectivity index (χ0n) is 16.5. The van der Waals surface area contributed by atoms with Crippen molar-refractivity contribution in [2.24, 2.45) is 0 Å². The lowest BCUT2D eigenvalue weighted by Gasteiger charge is -2.14. The second-order valence-corrected chi connectivity index (χ2v) is 6.81. The van der Waals surface area contributed by atoms with Gasteiger partial charge in [-0.3, -0.25) is 0 Å². The third-order valence-corrected chi connectivity index (χ3v) is 4.81. The maximum absolute atomic E-state index is 15.4. The molecule has 4 rings (SSSR count). The highest BCUT2D eigenvalue weighted by molar-refractivity contribution is 5.64. The quantitative estimate of drug-likeness (QED) is 0.583. The number of nitrogens with one attached hydrogen (secondary N) is 3. The molecule has 0 radical (unpaired) electrons. The minimum Gasteiger partial charge on any atom is -0.494 e. The number of benzene rings is 1. The molecule has 3 N–H and O–H groups in total. The summed E-state index contributed by atoms with van der Waals surface area (Å²) in [5, 5.41) is 17.6. The molecule has 0 amide bonds. The van der Waals surface area contributed by atoms with Crippen LogP contribution in [0.4, 0.5) is 21.8 Å². The Morgan fingerprint density at radius 1 is 1.31 bits per heavy atom. The molecule has 9 nitrogen and oxygen atoms in total. The molecule has 0 spiro atoms. The minimum atomic E-state index is -0.531. The Kier molecular flexibility index (Phi) is 5.26. The predicted octanol–water partition coefficient (Wildman–Crippen LogP) is 2.72. The van der Waals surface area contributed by atoms with E-state index in [1.54, 1.807) is 31.4 Å². The molecule has 0 bridgehead atoms. The van der Waals surface area contributed by atoms with Crippen LogP contribution < -0.4 is 20.7 Å². The normalized spacial score (nSPS) is 16.1. The fourth-order valence-corrected chi connectivity index (χ4v) is 3.38. The fourth-order valence-electron chi connectivity index (χ4n) is 3.38. The van der Waals surface area contributed by atoms with E-state index in [1.807, 2.05) is 6.92 Å². The van der Waals surface area contributed by atoms with Crippen LogP contribution in [0.5, 0.6) is 5.75 Å². The average molecular weight is 398 g/mol.